The number of hydrogen-bond donors (Lipinski definition) is 1. The number of benzene rings is 2. The molecule has 3 aromatic rings. The van der Waals surface area contributed by atoms with Crippen LogP contribution < -0.4 is 5.32 Å². The summed E-state index contributed by atoms with van der Waals surface area (Å²) in [6, 6.07) is 21.5. The fraction of sp³-hybridized carbons (Fsp3) is 0.250. The van der Waals surface area contributed by atoms with Crippen molar-refractivity contribution < 1.29 is 14.0 Å². The molecule has 0 unspecified atom stereocenters. The van der Waals surface area contributed by atoms with E-state index in [1.165, 1.54) is 0 Å². The largest absolute Gasteiger partial charge is 0.459 e. The number of nitrogens with one attached hydrogen (secondary N) is 1. The van der Waals surface area contributed by atoms with Crippen LogP contribution in [0.25, 0.3) is 11.1 Å². The van der Waals surface area contributed by atoms with E-state index in [4.69, 9.17) is 4.42 Å². The van der Waals surface area contributed by atoms with Crippen molar-refractivity contribution in [3.63, 3.8) is 0 Å². The number of hydrogen-bond acceptors (Lipinski definition) is 3. The van der Waals surface area contributed by atoms with Gasteiger partial charge in [0.1, 0.15) is 0 Å². The number of piperidine rings is 1. The van der Waals surface area contributed by atoms with Crippen molar-refractivity contribution >= 4 is 11.8 Å². The summed E-state index contributed by atoms with van der Waals surface area (Å²) in [6.07, 6.45) is 2.88. The van der Waals surface area contributed by atoms with Crippen LogP contribution in [0, 0.1) is 5.92 Å². The van der Waals surface area contributed by atoms with Crippen LogP contribution in [0.3, 0.4) is 0 Å². The third-order valence-electron chi connectivity index (χ3n) is 5.41. The lowest BCUT2D eigenvalue weighted by Crippen LogP contribution is -2.43. The van der Waals surface area contributed by atoms with E-state index in [0.29, 0.717) is 38.2 Å². The van der Waals surface area contributed by atoms with E-state index < -0.39 is 0 Å². The van der Waals surface area contributed by atoms with Crippen molar-refractivity contribution in [2.45, 2.75) is 19.4 Å². The highest BCUT2D eigenvalue weighted by molar-refractivity contribution is 5.98. The first kappa shape index (κ1) is 19.0. The molecule has 0 saturated carbocycles. The van der Waals surface area contributed by atoms with E-state index in [2.05, 4.69) is 5.32 Å². The van der Waals surface area contributed by atoms with Gasteiger partial charge in [0.05, 0.1) is 6.26 Å². The van der Waals surface area contributed by atoms with Gasteiger partial charge in [0, 0.05) is 31.1 Å². The van der Waals surface area contributed by atoms with E-state index in [0.717, 1.165) is 16.7 Å². The number of rotatable bonds is 5. The number of carbonyl (C=O) groups excluding carboxylic acids is 2. The molecular weight excluding hydrogens is 364 g/mol. The average molecular weight is 388 g/mol. The second-order valence-electron chi connectivity index (χ2n) is 7.30. The van der Waals surface area contributed by atoms with E-state index in [1.807, 2.05) is 66.7 Å². The zero-order chi connectivity index (χ0) is 20.1. The van der Waals surface area contributed by atoms with Gasteiger partial charge in [-0.25, -0.2) is 0 Å². The third-order valence-corrected chi connectivity index (χ3v) is 5.41. The lowest BCUT2D eigenvalue weighted by atomic mass is 9.95. The Bertz CT molecular complexity index is 958. The first-order valence-electron chi connectivity index (χ1n) is 9.96. The summed E-state index contributed by atoms with van der Waals surface area (Å²) < 4.78 is 5.53. The van der Waals surface area contributed by atoms with Crippen LogP contribution in [0.5, 0.6) is 0 Å². The zero-order valence-electron chi connectivity index (χ0n) is 16.2. The first-order chi connectivity index (χ1) is 14.2. The second-order valence-corrected chi connectivity index (χ2v) is 7.30. The Labute approximate surface area is 170 Å². The van der Waals surface area contributed by atoms with Crippen LogP contribution >= 0.6 is 0 Å². The maximum Gasteiger partial charge on any atom is 0.290 e. The highest BCUT2D eigenvalue weighted by Crippen LogP contribution is 2.27. The monoisotopic (exact) mass is 388 g/mol. The molecule has 1 aromatic heterocycles. The van der Waals surface area contributed by atoms with Crippen LogP contribution in [0.1, 0.15) is 29.0 Å². The molecule has 0 spiro atoms. The first-order valence-corrected chi connectivity index (χ1v) is 9.96. The topological polar surface area (TPSA) is 62.6 Å². The summed E-state index contributed by atoms with van der Waals surface area (Å²) in [7, 11) is 0. The van der Waals surface area contributed by atoms with Gasteiger partial charge in [0.2, 0.25) is 5.91 Å². The molecule has 1 saturated heterocycles. The van der Waals surface area contributed by atoms with Crippen molar-refractivity contribution in [3.05, 3.63) is 84.3 Å². The molecule has 2 aromatic carbocycles. The quantitative estimate of drug-likeness (QED) is 0.715. The highest BCUT2D eigenvalue weighted by Gasteiger charge is 2.30. The molecule has 1 N–H and O–H groups in total. The Morgan fingerprint density at radius 2 is 1.59 bits per heavy atom. The Balaban J connectivity index is 1.34. The molecule has 2 heterocycles. The molecule has 0 bridgehead atoms. The van der Waals surface area contributed by atoms with Crippen molar-refractivity contribution in [2.75, 3.05) is 13.1 Å². The summed E-state index contributed by atoms with van der Waals surface area (Å²) in [5.74, 6) is 0.247. The van der Waals surface area contributed by atoms with Crippen LogP contribution in [-0.2, 0) is 11.3 Å². The smallest absolute Gasteiger partial charge is 0.290 e. The minimum absolute atomic E-state index is 0.0592. The van der Waals surface area contributed by atoms with Gasteiger partial charge in [-0.15, -0.1) is 0 Å². The summed E-state index contributed by atoms with van der Waals surface area (Å²) in [4.78, 5) is 27.2. The molecule has 0 aliphatic carbocycles. The van der Waals surface area contributed by atoms with Gasteiger partial charge in [-0.05, 0) is 30.0 Å². The molecule has 5 heteroatoms. The van der Waals surface area contributed by atoms with Gasteiger partial charge in [-0.1, -0.05) is 60.7 Å². The van der Waals surface area contributed by atoms with Crippen LogP contribution in [0.15, 0.2) is 77.4 Å². The predicted octanol–water partition coefficient (Wildman–Crippen LogP) is 4.12. The van der Waals surface area contributed by atoms with Gasteiger partial charge < -0.3 is 14.6 Å². The van der Waals surface area contributed by atoms with Crippen LogP contribution in [-0.4, -0.2) is 29.8 Å². The number of carbonyl (C=O) groups is 2. The van der Waals surface area contributed by atoms with Gasteiger partial charge in [0.25, 0.3) is 5.91 Å². The average Bonchev–Trinajstić information content (AvgIpc) is 3.28. The SMILES string of the molecule is O=C(NCc1ccccc1)C1CCN(C(=O)c2occc2-c2ccccc2)CC1. The lowest BCUT2D eigenvalue weighted by Gasteiger charge is -2.31. The standard InChI is InChI=1S/C24H24N2O3/c27-23(25-17-18-7-3-1-4-8-18)20-11-14-26(15-12-20)24(28)22-21(13-16-29-22)19-9-5-2-6-10-19/h1-10,13,16,20H,11-12,14-15,17H2,(H,25,27). The van der Waals surface area contributed by atoms with Crippen molar-refractivity contribution in [3.8, 4) is 11.1 Å². The molecule has 1 aliphatic rings. The molecular formula is C24H24N2O3. The van der Waals surface area contributed by atoms with E-state index in [-0.39, 0.29) is 17.7 Å². The predicted molar refractivity (Wildman–Crippen MR) is 111 cm³/mol. The summed E-state index contributed by atoms with van der Waals surface area (Å²) in [6.45, 7) is 1.64. The van der Waals surface area contributed by atoms with E-state index in [1.54, 1.807) is 11.2 Å². The minimum Gasteiger partial charge on any atom is -0.459 e. The van der Waals surface area contributed by atoms with Gasteiger partial charge >= 0.3 is 0 Å². The summed E-state index contributed by atoms with van der Waals surface area (Å²) in [5.41, 5.74) is 2.85. The Morgan fingerprint density at radius 1 is 0.931 bits per heavy atom. The molecule has 5 nitrogen and oxygen atoms in total. The van der Waals surface area contributed by atoms with Gasteiger partial charge in [-0.2, -0.15) is 0 Å². The Hall–Kier alpha value is -3.34. The lowest BCUT2D eigenvalue weighted by molar-refractivity contribution is -0.126. The maximum absolute atomic E-state index is 13.0. The molecule has 0 radical (unpaired) electrons. The summed E-state index contributed by atoms with van der Waals surface area (Å²) in [5, 5.41) is 3.01. The van der Waals surface area contributed by atoms with Gasteiger partial charge in [-0.3, -0.25) is 9.59 Å². The molecule has 148 valence electrons. The second kappa shape index (κ2) is 8.78. The molecule has 2 amide bonds. The molecule has 1 aliphatic heterocycles. The maximum atomic E-state index is 13.0. The van der Waals surface area contributed by atoms with Gasteiger partial charge in [0.15, 0.2) is 5.76 Å². The fourth-order valence-electron chi connectivity index (χ4n) is 3.74. The Morgan fingerprint density at radius 3 is 2.28 bits per heavy atom. The third kappa shape index (κ3) is 4.40. The van der Waals surface area contributed by atoms with Crippen molar-refractivity contribution in [2.24, 2.45) is 5.92 Å². The highest BCUT2D eigenvalue weighted by atomic mass is 16.3. The normalized spacial score (nSPS) is 14.6. The number of likely N-dealkylation sites (tertiary alicyclic amines) is 1. The minimum atomic E-state index is -0.114. The van der Waals surface area contributed by atoms with Crippen LogP contribution in [0.4, 0.5) is 0 Å². The van der Waals surface area contributed by atoms with Crippen molar-refractivity contribution in [1.82, 2.24) is 10.2 Å². The number of amides is 2. The Kier molecular flexibility index (Phi) is 5.75. The molecule has 4 rings (SSSR count). The number of nitrogens with zero attached hydrogens (tertiary/aromatic N) is 1. The number of furan rings is 1. The molecule has 0 atom stereocenters. The summed E-state index contributed by atoms with van der Waals surface area (Å²) >= 11 is 0. The van der Waals surface area contributed by atoms with Crippen LogP contribution in [0.2, 0.25) is 0 Å². The molecule has 1 fully saturated rings. The fourth-order valence-corrected chi connectivity index (χ4v) is 3.74. The van der Waals surface area contributed by atoms with Crippen molar-refractivity contribution in [1.29, 1.82) is 0 Å². The van der Waals surface area contributed by atoms with E-state index >= 15 is 0 Å². The molecule has 29 heavy (non-hydrogen) atoms. The zero-order valence-corrected chi connectivity index (χ0v) is 16.2. The van der Waals surface area contributed by atoms with E-state index in [9.17, 15) is 9.59 Å².